The molecule has 0 bridgehead atoms. The van der Waals surface area contributed by atoms with Crippen LogP contribution in [0.2, 0.25) is 0 Å². The van der Waals surface area contributed by atoms with E-state index in [1.54, 1.807) is 13.0 Å². The molecule has 1 aromatic heterocycles. The molecule has 0 atom stereocenters. The summed E-state index contributed by atoms with van der Waals surface area (Å²) < 4.78 is 5.14. The molecule has 0 saturated heterocycles. The minimum absolute atomic E-state index is 0.0202. The van der Waals surface area contributed by atoms with E-state index in [0.717, 1.165) is 11.3 Å². The second-order valence-corrected chi connectivity index (χ2v) is 4.22. The highest BCUT2D eigenvalue weighted by Gasteiger charge is 2.12. The number of benzene rings is 1. The number of rotatable bonds is 4. The first-order valence-electron chi connectivity index (χ1n) is 5.69. The average molecular weight is 245 g/mol. The summed E-state index contributed by atoms with van der Waals surface area (Å²) in [6, 6.07) is 9.57. The highest BCUT2D eigenvalue weighted by Crippen LogP contribution is 2.17. The molecular weight excluding hydrogens is 230 g/mol. The van der Waals surface area contributed by atoms with Crippen molar-refractivity contribution in [1.29, 1.82) is 0 Å². The first-order chi connectivity index (χ1) is 8.56. The number of anilines is 1. The van der Waals surface area contributed by atoms with Gasteiger partial charge in [-0.05, 0) is 32.0 Å². The highest BCUT2D eigenvalue weighted by molar-refractivity contribution is 5.84. The quantitative estimate of drug-likeness (QED) is 0.868. The third kappa shape index (κ3) is 2.71. The molecule has 0 aliphatic heterocycles. The molecule has 0 saturated carbocycles. The zero-order valence-electron chi connectivity index (χ0n) is 10.4. The standard InChI is InChI=1S/C14H15NO3/c1-9-3-5-12(6-4-9)15-8-11-7-13(14(16)17)18-10(11)2/h3-7,15H,8H2,1-2H3,(H,16,17). The molecule has 2 aromatic rings. The van der Waals surface area contributed by atoms with E-state index in [9.17, 15) is 4.79 Å². The van der Waals surface area contributed by atoms with Gasteiger partial charge in [0.2, 0.25) is 5.76 Å². The molecule has 4 heteroatoms. The van der Waals surface area contributed by atoms with E-state index in [2.05, 4.69) is 5.32 Å². The number of nitrogens with one attached hydrogen (secondary N) is 1. The SMILES string of the molecule is Cc1ccc(NCc2cc(C(=O)O)oc2C)cc1. The van der Waals surface area contributed by atoms with Gasteiger partial charge in [-0.25, -0.2) is 4.79 Å². The van der Waals surface area contributed by atoms with Gasteiger partial charge in [0.1, 0.15) is 5.76 Å². The van der Waals surface area contributed by atoms with Crippen molar-refractivity contribution in [3.63, 3.8) is 0 Å². The van der Waals surface area contributed by atoms with Gasteiger partial charge in [0.15, 0.2) is 0 Å². The normalized spacial score (nSPS) is 10.3. The number of hydrogen-bond acceptors (Lipinski definition) is 3. The lowest BCUT2D eigenvalue weighted by atomic mass is 10.2. The van der Waals surface area contributed by atoms with E-state index in [4.69, 9.17) is 9.52 Å². The van der Waals surface area contributed by atoms with Crippen LogP contribution in [-0.4, -0.2) is 11.1 Å². The number of aryl methyl sites for hydroxylation is 2. The van der Waals surface area contributed by atoms with E-state index < -0.39 is 5.97 Å². The summed E-state index contributed by atoms with van der Waals surface area (Å²) >= 11 is 0. The van der Waals surface area contributed by atoms with Crippen molar-refractivity contribution in [2.24, 2.45) is 0 Å². The Labute approximate surface area is 105 Å². The fraction of sp³-hybridized carbons (Fsp3) is 0.214. The van der Waals surface area contributed by atoms with E-state index in [-0.39, 0.29) is 5.76 Å². The van der Waals surface area contributed by atoms with Gasteiger partial charge in [-0.15, -0.1) is 0 Å². The maximum absolute atomic E-state index is 10.8. The summed E-state index contributed by atoms with van der Waals surface area (Å²) in [6.07, 6.45) is 0. The van der Waals surface area contributed by atoms with Gasteiger partial charge >= 0.3 is 5.97 Å². The van der Waals surface area contributed by atoms with Crippen molar-refractivity contribution < 1.29 is 14.3 Å². The minimum atomic E-state index is -1.04. The molecule has 0 aliphatic carbocycles. The van der Waals surface area contributed by atoms with Gasteiger partial charge in [0.05, 0.1) is 0 Å². The molecule has 1 aromatic carbocycles. The molecule has 18 heavy (non-hydrogen) atoms. The largest absolute Gasteiger partial charge is 0.475 e. The molecule has 0 radical (unpaired) electrons. The van der Waals surface area contributed by atoms with E-state index in [1.807, 2.05) is 31.2 Å². The molecule has 94 valence electrons. The molecular formula is C14H15NO3. The predicted octanol–water partition coefficient (Wildman–Crippen LogP) is 3.21. The molecule has 0 amide bonds. The first kappa shape index (κ1) is 12.2. The summed E-state index contributed by atoms with van der Waals surface area (Å²) in [5, 5.41) is 12.1. The zero-order chi connectivity index (χ0) is 13.1. The Morgan fingerprint density at radius 2 is 1.94 bits per heavy atom. The van der Waals surface area contributed by atoms with Crippen LogP contribution in [0.5, 0.6) is 0 Å². The van der Waals surface area contributed by atoms with Gasteiger partial charge in [-0.1, -0.05) is 17.7 Å². The Morgan fingerprint density at radius 3 is 2.50 bits per heavy atom. The van der Waals surface area contributed by atoms with Gasteiger partial charge < -0.3 is 14.8 Å². The minimum Gasteiger partial charge on any atom is -0.475 e. The van der Waals surface area contributed by atoms with Crippen LogP contribution in [0.4, 0.5) is 5.69 Å². The Hall–Kier alpha value is -2.23. The topological polar surface area (TPSA) is 62.5 Å². The highest BCUT2D eigenvalue weighted by atomic mass is 16.4. The molecule has 4 nitrogen and oxygen atoms in total. The van der Waals surface area contributed by atoms with Crippen molar-refractivity contribution in [3.8, 4) is 0 Å². The molecule has 2 rings (SSSR count). The number of hydrogen-bond donors (Lipinski definition) is 2. The third-order valence-electron chi connectivity index (χ3n) is 2.77. The Balaban J connectivity index is 2.06. The summed E-state index contributed by atoms with van der Waals surface area (Å²) in [5.74, 6) is -0.431. The molecule has 1 heterocycles. The Kier molecular flexibility index (Phi) is 3.37. The monoisotopic (exact) mass is 245 g/mol. The fourth-order valence-corrected chi connectivity index (χ4v) is 1.67. The lowest BCUT2D eigenvalue weighted by molar-refractivity contribution is 0.0661. The van der Waals surface area contributed by atoms with Crippen LogP contribution in [0.25, 0.3) is 0 Å². The van der Waals surface area contributed by atoms with Crippen LogP contribution in [0.3, 0.4) is 0 Å². The van der Waals surface area contributed by atoms with E-state index in [0.29, 0.717) is 12.3 Å². The molecule has 0 spiro atoms. The summed E-state index contributed by atoms with van der Waals surface area (Å²) in [4.78, 5) is 10.8. The number of furan rings is 1. The van der Waals surface area contributed by atoms with Crippen LogP contribution < -0.4 is 5.32 Å². The van der Waals surface area contributed by atoms with Crippen molar-refractivity contribution in [1.82, 2.24) is 0 Å². The molecule has 0 fully saturated rings. The van der Waals surface area contributed by atoms with Crippen molar-refractivity contribution >= 4 is 11.7 Å². The molecule has 2 N–H and O–H groups in total. The van der Waals surface area contributed by atoms with Crippen molar-refractivity contribution in [2.45, 2.75) is 20.4 Å². The lowest BCUT2D eigenvalue weighted by Crippen LogP contribution is -1.99. The van der Waals surface area contributed by atoms with E-state index in [1.165, 1.54) is 5.56 Å². The van der Waals surface area contributed by atoms with Gasteiger partial charge in [0.25, 0.3) is 0 Å². The van der Waals surface area contributed by atoms with E-state index >= 15 is 0 Å². The lowest BCUT2D eigenvalue weighted by Gasteiger charge is -2.05. The summed E-state index contributed by atoms with van der Waals surface area (Å²) in [5.41, 5.74) is 3.05. The zero-order valence-corrected chi connectivity index (χ0v) is 10.4. The van der Waals surface area contributed by atoms with Crippen molar-refractivity contribution in [2.75, 3.05) is 5.32 Å². The smallest absolute Gasteiger partial charge is 0.371 e. The molecule has 0 unspecified atom stereocenters. The summed E-state index contributed by atoms with van der Waals surface area (Å²) in [6.45, 7) is 4.34. The Bertz CT molecular complexity index is 555. The number of aromatic carboxylic acids is 1. The first-order valence-corrected chi connectivity index (χ1v) is 5.69. The van der Waals surface area contributed by atoms with Crippen LogP contribution >= 0.6 is 0 Å². The van der Waals surface area contributed by atoms with Crippen LogP contribution in [0.1, 0.15) is 27.4 Å². The molecule has 0 aliphatic rings. The Morgan fingerprint density at radius 1 is 1.28 bits per heavy atom. The number of carboxylic acid groups (broad SMARTS) is 1. The summed E-state index contributed by atoms with van der Waals surface area (Å²) in [7, 11) is 0. The van der Waals surface area contributed by atoms with Crippen LogP contribution in [-0.2, 0) is 6.54 Å². The fourth-order valence-electron chi connectivity index (χ4n) is 1.67. The van der Waals surface area contributed by atoms with Gasteiger partial charge in [-0.2, -0.15) is 0 Å². The van der Waals surface area contributed by atoms with Crippen molar-refractivity contribution in [3.05, 3.63) is 53.0 Å². The second kappa shape index (κ2) is 4.96. The second-order valence-electron chi connectivity index (χ2n) is 4.22. The van der Waals surface area contributed by atoms with Gasteiger partial charge in [-0.3, -0.25) is 0 Å². The predicted molar refractivity (Wildman–Crippen MR) is 68.9 cm³/mol. The maximum atomic E-state index is 10.8. The van der Waals surface area contributed by atoms with Crippen LogP contribution in [0.15, 0.2) is 34.7 Å². The third-order valence-corrected chi connectivity index (χ3v) is 2.77. The average Bonchev–Trinajstić information content (AvgIpc) is 2.70. The number of carboxylic acids is 1. The van der Waals surface area contributed by atoms with Gasteiger partial charge in [0, 0.05) is 17.8 Å². The number of carbonyl (C=O) groups is 1. The van der Waals surface area contributed by atoms with Crippen LogP contribution in [0, 0.1) is 13.8 Å². The maximum Gasteiger partial charge on any atom is 0.371 e.